The molecular weight excluding hydrogens is 274 g/mol. The lowest BCUT2D eigenvalue weighted by Crippen LogP contribution is -2.43. The van der Waals surface area contributed by atoms with E-state index in [1.165, 1.54) is 5.56 Å². The fourth-order valence-electron chi connectivity index (χ4n) is 2.94. The third kappa shape index (κ3) is 3.60. The molecule has 5 heteroatoms. The van der Waals surface area contributed by atoms with Crippen molar-refractivity contribution in [3.63, 3.8) is 0 Å². The van der Waals surface area contributed by atoms with Crippen LogP contribution in [0.15, 0.2) is 36.9 Å². The smallest absolute Gasteiger partial charge is 0.225 e. The van der Waals surface area contributed by atoms with Gasteiger partial charge in [-0.1, -0.05) is 0 Å². The van der Waals surface area contributed by atoms with Crippen molar-refractivity contribution in [2.75, 3.05) is 25.0 Å². The van der Waals surface area contributed by atoms with Crippen LogP contribution >= 0.6 is 0 Å². The standard InChI is InChI=1S/C17H23N5/c1-14-11-19-17(20-12-14)21(2)16-5-9-22(10-6-16)13-15-3-7-18-8-4-15/h3-4,7-8,11-12,16H,5-6,9-10,13H2,1-2H3. The molecule has 3 rings (SSSR count). The summed E-state index contributed by atoms with van der Waals surface area (Å²) in [7, 11) is 2.11. The minimum atomic E-state index is 0.524. The lowest BCUT2D eigenvalue weighted by atomic mass is 10.0. The van der Waals surface area contributed by atoms with Crippen LogP contribution in [0.3, 0.4) is 0 Å². The Bertz CT molecular complexity index is 576. The Hall–Kier alpha value is -2.01. The summed E-state index contributed by atoms with van der Waals surface area (Å²) in [5.41, 5.74) is 2.44. The fourth-order valence-corrected chi connectivity index (χ4v) is 2.94. The van der Waals surface area contributed by atoms with Gasteiger partial charge in [0, 0.05) is 57.5 Å². The second-order valence-corrected chi connectivity index (χ2v) is 6.03. The van der Waals surface area contributed by atoms with Crippen molar-refractivity contribution in [1.82, 2.24) is 19.9 Å². The van der Waals surface area contributed by atoms with Crippen LogP contribution in [0, 0.1) is 6.92 Å². The van der Waals surface area contributed by atoms with Crippen molar-refractivity contribution in [3.05, 3.63) is 48.0 Å². The first-order valence-electron chi connectivity index (χ1n) is 7.85. The van der Waals surface area contributed by atoms with E-state index >= 15 is 0 Å². The van der Waals surface area contributed by atoms with Crippen LogP contribution in [-0.4, -0.2) is 46.0 Å². The highest BCUT2D eigenvalue weighted by Gasteiger charge is 2.23. The van der Waals surface area contributed by atoms with E-state index < -0.39 is 0 Å². The summed E-state index contributed by atoms with van der Waals surface area (Å²) in [6.07, 6.45) is 9.81. The molecule has 1 saturated heterocycles. The molecular formula is C17H23N5. The zero-order chi connectivity index (χ0) is 15.4. The molecule has 2 aromatic heterocycles. The van der Waals surface area contributed by atoms with Gasteiger partial charge >= 0.3 is 0 Å². The van der Waals surface area contributed by atoms with E-state index in [0.29, 0.717) is 6.04 Å². The highest BCUT2D eigenvalue weighted by atomic mass is 15.3. The Morgan fingerprint density at radius 2 is 1.77 bits per heavy atom. The highest BCUT2D eigenvalue weighted by Crippen LogP contribution is 2.20. The van der Waals surface area contributed by atoms with E-state index in [0.717, 1.165) is 44.0 Å². The predicted octanol–water partition coefficient (Wildman–Crippen LogP) is 2.28. The van der Waals surface area contributed by atoms with E-state index in [9.17, 15) is 0 Å². The molecule has 1 aliphatic rings. The second-order valence-electron chi connectivity index (χ2n) is 6.03. The van der Waals surface area contributed by atoms with Crippen LogP contribution in [0.25, 0.3) is 0 Å². The number of pyridine rings is 1. The van der Waals surface area contributed by atoms with Gasteiger partial charge in [0.2, 0.25) is 5.95 Å². The third-order valence-corrected chi connectivity index (χ3v) is 4.34. The summed E-state index contributed by atoms with van der Waals surface area (Å²) in [5, 5.41) is 0. The molecule has 0 amide bonds. The number of nitrogens with zero attached hydrogens (tertiary/aromatic N) is 5. The molecule has 0 spiro atoms. The van der Waals surface area contributed by atoms with Crippen molar-refractivity contribution < 1.29 is 0 Å². The van der Waals surface area contributed by atoms with Crippen molar-refractivity contribution in [1.29, 1.82) is 0 Å². The lowest BCUT2D eigenvalue weighted by Gasteiger charge is -2.36. The zero-order valence-electron chi connectivity index (χ0n) is 13.3. The van der Waals surface area contributed by atoms with Crippen molar-refractivity contribution in [2.45, 2.75) is 32.4 Å². The normalized spacial score (nSPS) is 16.6. The number of aryl methyl sites for hydroxylation is 1. The second kappa shape index (κ2) is 6.83. The van der Waals surface area contributed by atoms with Crippen molar-refractivity contribution in [3.8, 4) is 0 Å². The summed E-state index contributed by atoms with van der Waals surface area (Å²) in [6.45, 7) is 5.26. The molecule has 1 fully saturated rings. The number of anilines is 1. The van der Waals surface area contributed by atoms with E-state index in [-0.39, 0.29) is 0 Å². The van der Waals surface area contributed by atoms with Crippen LogP contribution in [0.4, 0.5) is 5.95 Å². The Morgan fingerprint density at radius 3 is 2.41 bits per heavy atom. The maximum Gasteiger partial charge on any atom is 0.225 e. The van der Waals surface area contributed by atoms with Gasteiger partial charge in [0.25, 0.3) is 0 Å². The third-order valence-electron chi connectivity index (χ3n) is 4.34. The average molecular weight is 297 g/mol. The SMILES string of the molecule is Cc1cnc(N(C)C2CCN(Cc3ccncc3)CC2)nc1. The van der Waals surface area contributed by atoms with Crippen molar-refractivity contribution in [2.24, 2.45) is 0 Å². The van der Waals surface area contributed by atoms with Crippen LogP contribution in [-0.2, 0) is 6.54 Å². The fraction of sp³-hybridized carbons (Fsp3) is 0.471. The van der Waals surface area contributed by atoms with Gasteiger partial charge in [-0.2, -0.15) is 0 Å². The number of piperidine rings is 1. The van der Waals surface area contributed by atoms with E-state index in [4.69, 9.17) is 0 Å². The van der Waals surface area contributed by atoms with Gasteiger partial charge in [0.15, 0.2) is 0 Å². The first-order valence-corrected chi connectivity index (χ1v) is 7.85. The Morgan fingerprint density at radius 1 is 1.14 bits per heavy atom. The zero-order valence-corrected chi connectivity index (χ0v) is 13.3. The number of likely N-dealkylation sites (tertiary alicyclic amines) is 1. The molecule has 3 heterocycles. The van der Waals surface area contributed by atoms with Gasteiger partial charge in [-0.05, 0) is 43.0 Å². The van der Waals surface area contributed by atoms with Crippen LogP contribution in [0.1, 0.15) is 24.0 Å². The molecule has 22 heavy (non-hydrogen) atoms. The molecule has 0 radical (unpaired) electrons. The minimum absolute atomic E-state index is 0.524. The maximum atomic E-state index is 4.43. The summed E-state index contributed by atoms with van der Waals surface area (Å²) in [6, 6.07) is 4.72. The van der Waals surface area contributed by atoms with E-state index in [2.05, 4.69) is 43.9 Å². The maximum absolute atomic E-state index is 4.43. The van der Waals surface area contributed by atoms with Gasteiger partial charge in [0.1, 0.15) is 0 Å². The van der Waals surface area contributed by atoms with E-state index in [1.807, 2.05) is 31.7 Å². The Labute approximate surface area is 132 Å². The van der Waals surface area contributed by atoms with Crippen LogP contribution in [0.2, 0.25) is 0 Å². The Kier molecular flexibility index (Phi) is 4.63. The molecule has 0 aromatic carbocycles. The number of hydrogen-bond acceptors (Lipinski definition) is 5. The summed E-state index contributed by atoms with van der Waals surface area (Å²) in [5.74, 6) is 0.832. The molecule has 1 aliphatic heterocycles. The Balaban J connectivity index is 1.54. The monoisotopic (exact) mass is 297 g/mol. The van der Waals surface area contributed by atoms with Gasteiger partial charge in [-0.15, -0.1) is 0 Å². The van der Waals surface area contributed by atoms with E-state index in [1.54, 1.807) is 0 Å². The highest BCUT2D eigenvalue weighted by molar-refractivity contribution is 5.30. The van der Waals surface area contributed by atoms with Crippen molar-refractivity contribution >= 4 is 5.95 Å². The van der Waals surface area contributed by atoms with Crippen LogP contribution in [0.5, 0.6) is 0 Å². The average Bonchev–Trinajstić information content (AvgIpc) is 2.57. The number of rotatable bonds is 4. The first kappa shape index (κ1) is 14.9. The quantitative estimate of drug-likeness (QED) is 0.866. The molecule has 2 aromatic rings. The van der Waals surface area contributed by atoms with Gasteiger partial charge in [-0.25, -0.2) is 9.97 Å². The van der Waals surface area contributed by atoms with Gasteiger partial charge in [-0.3, -0.25) is 9.88 Å². The molecule has 0 bridgehead atoms. The topological polar surface area (TPSA) is 45.2 Å². The summed E-state index contributed by atoms with van der Waals surface area (Å²) >= 11 is 0. The molecule has 0 atom stereocenters. The predicted molar refractivity (Wildman–Crippen MR) is 87.7 cm³/mol. The number of aromatic nitrogens is 3. The largest absolute Gasteiger partial charge is 0.341 e. The first-order chi connectivity index (χ1) is 10.7. The molecule has 0 saturated carbocycles. The minimum Gasteiger partial charge on any atom is -0.341 e. The van der Waals surface area contributed by atoms with Gasteiger partial charge < -0.3 is 4.90 Å². The molecule has 0 N–H and O–H groups in total. The lowest BCUT2D eigenvalue weighted by molar-refractivity contribution is 0.203. The summed E-state index contributed by atoms with van der Waals surface area (Å²) in [4.78, 5) is 17.7. The van der Waals surface area contributed by atoms with Crippen LogP contribution < -0.4 is 4.90 Å². The summed E-state index contributed by atoms with van der Waals surface area (Å²) < 4.78 is 0. The molecule has 5 nitrogen and oxygen atoms in total. The van der Waals surface area contributed by atoms with Gasteiger partial charge in [0.05, 0.1) is 0 Å². The molecule has 116 valence electrons. The molecule has 0 unspecified atom stereocenters. The number of hydrogen-bond donors (Lipinski definition) is 0. The molecule has 0 aliphatic carbocycles.